The van der Waals surface area contributed by atoms with E-state index in [4.69, 9.17) is 16.3 Å². The first-order valence-corrected chi connectivity index (χ1v) is 7.17. The summed E-state index contributed by atoms with van der Waals surface area (Å²) in [6.45, 7) is 0. The molecule has 5 nitrogen and oxygen atoms in total. The molecule has 1 aromatic heterocycles. The SMILES string of the molecule is CS(=O)(=O)c1ncc(Oc2ccc(Cl)cc2)cn1. The molecule has 0 aliphatic rings. The molecule has 7 heteroatoms. The Bertz CT molecular complexity index is 639. The fourth-order valence-electron chi connectivity index (χ4n) is 1.19. The van der Waals surface area contributed by atoms with Crippen molar-refractivity contribution in [3.63, 3.8) is 0 Å². The van der Waals surface area contributed by atoms with Gasteiger partial charge in [0.1, 0.15) is 5.75 Å². The fourth-order valence-corrected chi connectivity index (χ4v) is 1.80. The molecule has 0 unspecified atom stereocenters. The van der Waals surface area contributed by atoms with Crippen molar-refractivity contribution < 1.29 is 13.2 Å². The Morgan fingerprint density at radius 1 is 1.06 bits per heavy atom. The average molecular weight is 285 g/mol. The van der Waals surface area contributed by atoms with Crippen molar-refractivity contribution >= 4 is 21.4 Å². The summed E-state index contributed by atoms with van der Waals surface area (Å²) < 4.78 is 27.7. The van der Waals surface area contributed by atoms with E-state index in [2.05, 4.69) is 9.97 Å². The highest BCUT2D eigenvalue weighted by Gasteiger charge is 2.10. The number of hydrogen-bond acceptors (Lipinski definition) is 5. The summed E-state index contributed by atoms with van der Waals surface area (Å²) in [5.74, 6) is 0.917. The molecule has 0 radical (unpaired) electrons. The van der Waals surface area contributed by atoms with Crippen molar-refractivity contribution in [1.82, 2.24) is 9.97 Å². The van der Waals surface area contributed by atoms with Gasteiger partial charge in [-0.25, -0.2) is 18.4 Å². The lowest BCUT2D eigenvalue weighted by molar-refractivity contribution is 0.474. The van der Waals surface area contributed by atoms with Crippen LogP contribution in [0.2, 0.25) is 5.02 Å². The van der Waals surface area contributed by atoms with E-state index in [-0.39, 0.29) is 5.16 Å². The molecule has 94 valence electrons. The maximum Gasteiger partial charge on any atom is 0.246 e. The van der Waals surface area contributed by atoms with Gasteiger partial charge in [0.15, 0.2) is 5.75 Å². The molecule has 0 saturated carbocycles. The lowest BCUT2D eigenvalue weighted by Gasteiger charge is -2.04. The van der Waals surface area contributed by atoms with E-state index in [9.17, 15) is 8.42 Å². The third-order valence-electron chi connectivity index (χ3n) is 1.99. The summed E-state index contributed by atoms with van der Waals surface area (Å²) in [6, 6.07) is 6.74. The topological polar surface area (TPSA) is 69.2 Å². The molecule has 18 heavy (non-hydrogen) atoms. The zero-order valence-corrected chi connectivity index (χ0v) is 10.9. The predicted octanol–water partition coefficient (Wildman–Crippen LogP) is 2.33. The molecule has 0 aliphatic carbocycles. The van der Waals surface area contributed by atoms with Crippen LogP contribution in [0.5, 0.6) is 11.5 Å². The molecule has 0 aliphatic heterocycles. The zero-order valence-electron chi connectivity index (χ0n) is 9.37. The van der Waals surface area contributed by atoms with E-state index in [1.54, 1.807) is 24.3 Å². The summed E-state index contributed by atoms with van der Waals surface area (Å²) >= 11 is 5.74. The summed E-state index contributed by atoms with van der Waals surface area (Å²) in [6.07, 6.45) is 3.65. The summed E-state index contributed by atoms with van der Waals surface area (Å²) in [7, 11) is -3.39. The molecular formula is C11H9ClN2O3S. The van der Waals surface area contributed by atoms with Crippen LogP contribution < -0.4 is 4.74 Å². The van der Waals surface area contributed by atoms with Gasteiger partial charge in [-0.3, -0.25) is 0 Å². The number of ether oxygens (including phenoxy) is 1. The molecule has 0 atom stereocenters. The number of sulfone groups is 1. The van der Waals surface area contributed by atoms with Crippen LogP contribution in [0, 0.1) is 0 Å². The van der Waals surface area contributed by atoms with Crippen LogP contribution in [-0.2, 0) is 9.84 Å². The number of nitrogens with zero attached hydrogens (tertiary/aromatic N) is 2. The first kappa shape index (κ1) is 12.8. The molecule has 0 fully saturated rings. The minimum atomic E-state index is -3.39. The Balaban J connectivity index is 2.18. The number of hydrogen-bond donors (Lipinski definition) is 0. The Morgan fingerprint density at radius 2 is 1.61 bits per heavy atom. The normalized spacial score (nSPS) is 11.2. The minimum absolute atomic E-state index is 0.231. The first-order chi connectivity index (χ1) is 8.45. The van der Waals surface area contributed by atoms with E-state index in [0.29, 0.717) is 16.5 Å². The summed E-state index contributed by atoms with van der Waals surface area (Å²) in [5.41, 5.74) is 0. The molecule has 0 amide bonds. The predicted molar refractivity (Wildman–Crippen MR) is 66.7 cm³/mol. The standard InChI is InChI=1S/C11H9ClN2O3S/c1-18(15,16)11-13-6-10(7-14-11)17-9-4-2-8(12)3-5-9/h2-7H,1H3. The lowest BCUT2D eigenvalue weighted by Crippen LogP contribution is -2.03. The number of halogens is 1. The first-order valence-electron chi connectivity index (χ1n) is 4.91. The Morgan fingerprint density at radius 3 is 2.11 bits per heavy atom. The Kier molecular flexibility index (Phi) is 3.49. The second kappa shape index (κ2) is 4.91. The van der Waals surface area contributed by atoms with Gasteiger partial charge in [-0.05, 0) is 24.3 Å². The van der Waals surface area contributed by atoms with Crippen molar-refractivity contribution in [2.75, 3.05) is 6.26 Å². The number of aromatic nitrogens is 2. The Hall–Kier alpha value is -1.66. The van der Waals surface area contributed by atoms with Gasteiger partial charge in [-0.2, -0.15) is 0 Å². The van der Waals surface area contributed by atoms with Crippen LogP contribution in [0.25, 0.3) is 0 Å². The minimum Gasteiger partial charge on any atom is -0.454 e. The van der Waals surface area contributed by atoms with E-state index < -0.39 is 9.84 Å². The third-order valence-corrected chi connectivity index (χ3v) is 3.11. The van der Waals surface area contributed by atoms with Gasteiger partial charge >= 0.3 is 0 Å². The second-order valence-electron chi connectivity index (χ2n) is 3.53. The van der Waals surface area contributed by atoms with E-state index >= 15 is 0 Å². The molecule has 1 heterocycles. The van der Waals surface area contributed by atoms with Crippen LogP contribution in [0.15, 0.2) is 41.8 Å². The van der Waals surface area contributed by atoms with Crippen molar-refractivity contribution in [1.29, 1.82) is 0 Å². The van der Waals surface area contributed by atoms with Gasteiger partial charge in [-0.1, -0.05) is 11.6 Å². The van der Waals surface area contributed by atoms with Crippen LogP contribution in [-0.4, -0.2) is 24.6 Å². The highest BCUT2D eigenvalue weighted by molar-refractivity contribution is 7.90. The average Bonchev–Trinajstić information content (AvgIpc) is 2.32. The van der Waals surface area contributed by atoms with Gasteiger partial charge < -0.3 is 4.74 Å². The monoisotopic (exact) mass is 284 g/mol. The summed E-state index contributed by atoms with van der Waals surface area (Å²) in [4.78, 5) is 7.43. The lowest BCUT2D eigenvalue weighted by atomic mass is 10.3. The van der Waals surface area contributed by atoms with E-state index in [1.807, 2.05) is 0 Å². The largest absolute Gasteiger partial charge is 0.454 e. The van der Waals surface area contributed by atoms with Gasteiger partial charge in [-0.15, -0.1) is 0 Å². The van der Waals surface area contributed by atoms with Crippen molar-refractivity contribution in [2.45, 2.75) is 5.16 Å². The van der Waals surface area contributed by atoms with E-state index in [1.165, 1.54) is 12.4 Å². The van der Waals surface area contributed by atoms with Crippen molar-refractivity contribution in [3.8, 4) is 11.5 Å². The third kappa shape index (κ3) is 3.18. The van der Waals surface area contributed by atoms with Gasteiger partial charge in [0.2, 0.25) is 15.0 Å². The van der Waals surface area contributed by atoms with Gasteiger partial charge in [0.25, 0.3) is 0 Å². The highest BCUT2D eigenvalue weighted by Crippen LogP contribution is 2.22. The Labute approximate surface area is 109 Å². The van der Waals surface area contributed by atoms with Crippen molar-refractivity contribution in [2.24, 2.45) is 0 Å². The molecule has 2 aromatic rings. The molecule has 1 aromatic carbocycles. The number of rotatable bonds is 3. The van der Waals surface area contributed by atoms with Crippen molar-refractivity contribution in [3.05, 3.63) is 41.7 Å². The van der Waals surface area contributed by atoms with Crippen LogP contribution >= 0.6 is 11.6 Å². The number of benzene rings is 1. The maximum absolute atomic E-state index is 11.2. The van der Waals surface area contributed by atoms with Crippen LogP contribution in [0.4, 0.5) is 0 Å². The molecule has 0 spiro atoms. The molecule has 0 bridgehead atoms. The molecule has 0 N–H and O–H groups in total. The molecule has 2 rings (SSSR count). The second-order valence-corrected chi connectivity index (χ2v) is 5.88. The quantitative estimate of drug-likeness (QED) is 0.809. The summed E-state index contributed by atoms with van der Waals surface area (Å²) in [5, 5.41) is 0.372. The van der Waals surface area contributed by atoms with Gasteiger partial charge in [0.05, 0.1) is 12.4 Å². The molecular weight excluding hydrogens is 276 g/mol. The highest BCUT2D eigenvalue weighted by atomic mass is 35.5. The van der Waals surface area contributed by atoms with E-state index in [0.717, 1.165) is 6.26 Å². The zero-order chi connectivity index (χ0) is 13.2. The van der Waals surface area contributed by atoms with Crippen LogP contribution in [0.1, 0.15) is 0 Å². The molecule has 0 saturated heterocycles. The van der Waals surface area contributed by atoms with Crippen LogP contribution in [0.3, 0.4) is 0 Å². The smallest absolute Gasteiger partial charge is 0.246 e. The maximum atomic E-state index is 11.2. The van der Waals surface area contributed by atoms with Gasteiger partial charge in [0, 0.05) is 11.3 Å². The fraction of sp³-hybridized carbons (Fsp3) is 0.0909.